The summed E-state index contributed by atoms with van der Waals surface area (Å²) in [5, 5.41) is 4.15. The van der Waals surface area contributed by atoms with Gasteiger partial charge in [-0.15, -0.1) is 0 Å². The lowest BCUT2D eigenvalue weighted by Gasteiger charge is -2.28. The number of hydrogen-bond donors (Lipinski definition) is 1. The molecule has 238 valence electrons. The highest BCUT2D eigenvalue weighted by molar-refractivity contribution is 6.07. The van der Waals surface area contributed by atoms with Crippen molar-refractivity contribution in [2.45, 2.75) is 32.4 Å². The van der Waals surface area contributed by atoms with Crippen molar-refractivity contribution >= 4 is 28.2 Å². The van der Waals surface area contributed by atoms with E-state index in [1.54, 1.807) is 37.4 Å². The molecule has 0 aliphatic heterocycles. The highest BCUT2D eigenvalue weighted by Crippen LogP contribution is 2.45. The van der Waals surface area contributed by atoms with E-state index in [0.29, 0.717) is 35.6 Å². The van der Waals surface area contributed by atoms with Gasteiger partial charge in [0.25, 0.3) is 0 Å². The van der Waals surface area contributed by atoms with Gasteiger partial charge in [-0.05, 0) is 65.2 Å². The molecular formula is C40H36F2N2O3. The second kappa shape index (κ2) is 13.6. The van der Waals surface area contributed by atoms with Gasteiger partial charge in [-0.2, -0.15) is 0 Å². The summed E-state index contributed by atoms with van der Waals surface area (Å²) in [6, 6.07) is 35.9. The molecule has 0 saturated heterocycles. The standard InChI is InChI=1S/C40H36F2N2O3/c1-40(2,26-46-3)38-36(29-14-16-30(17-15-29)39(45)47-25-28-12-8-5-9-13-28)37-34(43-33-20-18-31(41)19-21-33)22-32(42)23-35(37)44(38)24-27-10-6-4-7-11-27/h4-23,43H,24-26H2,1-3H3. The smallest absolute Gasteiger partial charge is 0.338 e. The molecule has 0 spiro atoms. The molecule has 0 unspecified atom stereocenters. The van der Waals surface area contributed by atoms with E-state index in [1.807, 2.05) is 72.8 Å². The van der Waals surface area contributed by atoms with E-state index in [1.165, 1.54) is 18.2 Å². The normalized spacial score (nSPS) is 11.5. The Kier molecular flexibility index (Phi) is 9.18. The molecule has 5 aromatic carbocycles. The Morgan fingerprint density at radius 1 is 0.787 bits per heavy atom. The Bertz CT molecular complexity index is 1990. The van der Waals surface area contributed by atoms with E-state index in [0.717, 1.165) is 33.3 Å². The van der Waals surface area contributed by atoms with Crippen LogP contribution in [0.25, 0.3) is 22.0 Å². The van der Waals surface area contributed by atoms with Crippen LogP contribution in [0.15, 0.2) is 121 Å². The second-order valence-electron chi connectivity index (χ2n) is 12.2. The second-order valence-corrected chi connectivity index (χ2v) is 12.2. The van der Waals surface area contributed by atoms with Crippen molar-refractivity contribution in [3.8, 4) is 11.1 Å². The zero-order chi connectivity index (χ0) is 33.0. The van der Waals surface area contributed by atoms with E-state index < -0.39 is 17.2 Å². The third kappa shape index (κ3) is 6.95. The molecule has 0 atom stereocenters. The van der Waals surface area contributed by atoms with Crippen molar-refractivity contribution < 1.29 is 23.0 Å². The summed E-state index contributed by atoms with van der Waals surface area (Å²) in [6.07, 6.45) is 0. The molecule has 0 radical (unpaired) electrons. The molecule has 1 aromatic heterocycles. The first-order chi connectivity index (χ1) is 22.7. The lowest BCUT2D eigenvalue weighted by molar-refractivity contribution is 0.0472. The van der Waals surface area contributed by atoms with Crippen molar-refractivity contribution in [3.63, 3.8) is 0 Å². The topological polar surface area (TPSA) is 52.5 Å². The maximum absolute atomic E-state index is 15.5. The number of ether oxygens (including phenoxy) is 2. The maximum Gasteiger partial charge on any atom is 0.338 e. The van der Waals surface area contributed by atoms with Crippen molar-refractivity contribution in [3.05, 3.63) is 155 Å². The zero-order valence-electron chi connectivity index (χ0n) is 26.6. The third-order valence-corrected chi connectivity index (χ3v) is 8.20. The number of rotatable bonds is 11. The third-order valence-electron chi connectivity index (χ3n) is 8.20. The van der Waals surface area contributed by atoms with Crippen LogP contribution in [0.4, 0.5) is 20.2 Å². The summed E-state index contributed by atoms with van der Waals surface area (Å²) >= 11 is 0. The number of halogens is 2. The fourth-order valence-corrected chi connectivity index (χ4v) is 6.15. The molecule has 1 N–H and O–H groups in total. The first kappa shape index (κ1) is 31.7. The van der Waals surface area contributed by atoms with Crippen LogP contribution >= 0.6 is 0 Å². The summed E-state index contributed by atoms with van der Waals surface area (Å²) in [5.41, 5.74) is 6.39. The van der Waals surface area contributed by atoms with Gasteiger partial charge < -0.3 is 19.4 Å². The molecule has 6 rings (SSSR count). The summed E-state index contributed by atoms with van der Waals surface area (Å²) in [4.78, 5) is 13.0. The molecule has 0 aliphatic carbocycles. The largest absolute Gasteiger partial charge is 0.457 e. The molecule has 0 amide bonds. The summed E-state index contributed by atoms with van der Waals surface area (Å²) in [5.74, 6) is -1.19. The van der Waals surface area contributed by atoms with Gasteiger partial charge in [0.15, 0.2) is 0 Å². The fourth-order valence-electron chi connectivity index (χ4n) is 6.15. The molecule has 0 saturated carbocycles. The summed E-state index contributed by atoms with van der Waals surface area (Å²) in [7, 11) is 1.67. The Morgan fingerprint density at radius 2 is 1.43 bits per heavy atom. The van der Waals surface area contributed by atoms with Gasteiger partial charge in [0.1, 0.15) is 18.2 Å². The van der Waals surface area contributed by atoms with Gasteiger partial charge >= 0.3 is 5.97 Å². The predicted molar refractivity (Wildman–Crippen MR) is 183 cm³/mol. The number of hydrogen-bond acceptors (Lipinski definition) is 4. The van der Waals surface area contributed by atoms with Crippen LogP contribution in [-0.4, -0.2) is 24.3 Å². The number of anilines is 2. The van der Waals surface area contributed by atoms with Gasteiger partial charge in [0.05, 0.1) is 23.4 Å². The van der Waals surface area contributed by atoms with E-state index in [2.05, 4.69) is 23.7 Å². The average molecular weight is 631 g/mol. The number of benzene rings is 5. The number of carbonyl (C=O) groups excluding carboxylic acids is 1. The molecule has 6 aromatic rings. The van der Waals surface area contributed by atoms with Crippen LogP contribution < -0.4 is 5.32 Å². The van der Waals surface area contributed by atoms with Crippen LogP contribution in [0.1, 0.15) is 41.0 Å². The number of fused-ring (bicyclic) bond motifs is 1. The summed E-state index contributed by atoms with van der Waals surface area (Å²) in [6.45, 7) is 5.28. The van der Waals surface area contributed by atoms with E-state index in [4.69, 9.17) is 9.47 Å². The summed E-state index contributed by atoms with van der Waals surface area (Å²) < 4.78 is 42.8. The number of nitrogens with zero attached hydrogens (tertiary/aromatic N) is 1. The first-order valence-corrected chi connectivity index (χ1v) is 15.5. The Morgan fingerprint density at radius 3 is 2.06 bits per heavy atom. The maximum atomic E-state index is 15.5. The van der Waals surface area contributed by atoms with Crippen LogP contribution in [-0.2, 0) is 28.0 Å². The molecule has 7 heteroatoms. The Labute approximate surface area is 273 Å². The highest BCUT2D eigenvalue weighted by atomic mass is 19.1. The first-order valence-electron chi connectivity index (χ1n) is 15.5. The number of carbonyl (C=O) groups is 1. The van der Waals surface area contributed by atoms with Gasteiger partial charge in [-0.1, -0.05) is 86.6 Å². The predicted octanol–water partition coefficient (Wildman–Crippen LogP) is 9.66. The minimum Gasteiger partial charge on any atom is -0.457 e. The fraction of sp³-hybridized carbons (Fsp3) is 0.175. The van der Waals surface area contributed by atoms with Crippen molar-refractivity contribution in [2.75, 3.05) is 19.0 Å². The Hall–Kier alpha value is -5.27. The Balaban J connectivity index is 1.53. The molecule has 1 heterocycles. The van der Waals surface area contributed by atoms with Gasteiger partial charge in [-0.3, -0.25) is 0 Å². The molecule has 5 nitrogen and oxygen atoms in total. The van der Waals surface area contributed by atoms with E-state index in [-0.39, 0.29) is 12.4 Å². The van der Waals surface area contributed by atoms with Crippen molar-refractivity contribution in [1.82, 2.24) is 4.57 Å². The quantitative estimate of drug-likeness (QED) is 0.145. The lowest BCUT2D eigenvalue weighted by atomic mass is 9.84. The number of aromatic nitrogens is 1. The minimum atomic E-state index is -0.519. The van der Waals surface area contributed by atoms with Crippen LogP contribution in [0.5, 0.6) is 0 Å². The molecular weight excluding hydrogens is 594 g/mol. The highest BCUT2D eigenvalue weighted by Gasteiger charge is 2.33. The average Bonchev–Trinajstić information content (AvgIpc) is 3.40. The van der Waals surface area contributed by atoms with Crippen LogP contribution in [0.3, 0.4) is 0 Å². The van der Waals surface area contributed by atoms with Crippen LogP contribution in [0, 0.1) is 11.6 Å². The molecule has 0 fully saturated rings. The van der Waals surface area contributed by atoms with Gasteiger partial charge in [0, 0.05) is 41.4 Å². The van der Waals surface area contributed by atoms with Gasteiger partial charge in [-0.25, -0.2) is 13.6 Å². The minimum absolute atomic E-state index is 0.174. The zero-order valence-corrected chi connectivity index (χ0v) is 26.6. The van der Waals surface area contributed by atoms with Crippen molar-refractivity contribution in [2.24, 2.45) is 0 Å². The molecule has 47 heavy (non-hydrogen) atoms. The molecule has 0 aliphatic rings. The monoisotopic (exact) mass is 630 g/mol. The molecule has 0 bridgehead atoms. The number of nitrogens with one attached hydrogen (secondary N) is 1. The van der Waals surface area contributed by atoms with Crippen LogP contribution in [0.2, 0.25) is 0 Å². The number of esters is 1. The lowest BCUT2D eigenvalue weighted by Crippen LogP contribution is -2.28. The van der Waals surface area contributed by atoms with E-state index >= 15 is 4.39 Å². The van der Waals surface area contributed by atoms with Gasteiger partial charge in [0.2, 0.25) is 0 Å². The van der Waals surface area contributed by atoms with Crippen molar-refractivity contribution in [1.29, 1.82) is 0 Å². The number of methoxy groups -OCH3 is 1. The SMILES string of the molecule is COCC(C)(C)c1c(-c2ccc(C(=O)OCc3ccccc3)cc2)c2c(Nc3ccc(F)cc3)cc(F)cc2n1Cc1ccccc1. The van der Waals surface area contributed by atoms with E-state index in [9.17, 15) is 9.18 Å².